The summed E-state index contributed by atoms with van der Waals surface area (Å²) in [7, 11) is 0. The maximum absolute atomic E-state index is 14.1. The van der Waals surface area contributed by atoms with Crippen molar-refractivity contribution in [1.82, 2.24) is 14.5 Å². The minimum absolute atomic E-state index is 0.302. The molecular formula is C16H9ClFN3. The van der Waals surface area contributed by atoms with E-state index in [0.29, 0.717) is 16.2 Å². The number of hydrogen-bond donors (Lipinski definition) is 0. The van der Waals surface area contributed by atoms with Gasteiger partial charge in [-0.1, -0.05) is 23.7 Å². The topological polar surface area (TPSA) is 30.7 Å². The van der Waals surface area contributed by atoms with Crippen LogP contribution in [0, 0.1) is 5.82 Å². The first-order valence-corrected chi connectivity index (χ1v) is 6.78. The van der Waals surface area contributed by atoms with Gasteiger partial charge in [0.1, 0.15) is 17.7 Å². The highest BCUT2D eigenvalue weighted by Crippen LogP contribution is 2.28. The van der Waals surface area contributed by atoms with Gasteiger partial charge in [0, 0.05) is 10.4 Å². The molecule has 0 aliphatic rings. The fourth-order valence-corrected chi connectivity index (χ4v) is 2.67. The van der Waals surface area contributed by atoms with E-state index in [1.54, 1.807) is 41.4 Å². The summed E-state index contributed by atoms with van der Waals surface area (Å²) in [6.45, 7) is 0. The molecule has 0 bridgehead atoms. The summed E-state index contributed by atoms with van der Waals surface area (Å²) >= 11 is 6.08. The lowest BCUT2D eigenvalue weighted by atomic mass is 10.2. The second kappa shape index (κ2) is 4.53. The number of nitrogens with zero attached hydrogens (tertiary/aromatic N) is 3. The molecule has 0 radical (unpaired) electrons. The minimum Gasteiger partial charge on any atom is -0.295 e. The molecule has 21 heavy (non-hydrogen) atoms. The zero-order valence-corrected chi connectivity index (χ0v) is 11.5. The fraction of sp³-hybridized carbons (Fsp3) is 0. The van der Waals surface area contributed by atoms with Crippen LogP contribution in [0.15, 0.2) is 55.0 Å². The second-order valence-electron chi connectivity index (χ2n) is 4.72. The van der Waals surface area contributed by atoms with E-state index in [1.165, 1.54) is 6.07 Å². The van der Waals surface area contributed by atoms with Gasteiger partial charge in [0.05, 0.1) is 22.9 Å². The van der Waals surface area contributed by atoms with Crippen molar-refractivity contribution in [2.45, 2.75) is 0 Å². The molecule has 4 aromatic rings. The highest BCUT2D eigenvalue weighted by molar-refractivity contribution is 6.31. The van der Waals surface area contributed by atoms with Gasteiger partial charge in [-0.15, -0.1) is 0 Å². The molecule has 3 nitrogen and oxygen atoms in total. The highest BCUT2D eigenvalue weighted by atomic mass is 35.5. The van der Waals surface area contributed by atoms with E-state index >= 15 is 0 Å². The van der Waals surface area contributed by atoms with Gasteiger partial charge in [0.25, 0.3) is 0 Å². The first-order chi connectivity index (χ1) is 10.2. The summed E-state index contributed by atoms with van der Waals surface area (Å²) in [5.41, 5.74) is 2.75. The Morgan fingerprint density at radius 1 is 1.00 bits per heavy atom. The molecule has 2 heterocycles. The van der Waals surface area contributed by atoms with Gasteiger partial charge in [0.2, 0.25) is 0 Å². The monoisotopic (exact) mass is 297 g/mol. The molecule has 0 saturated carbocycles. The molecule has 0 aliphatic heterocycles. The van der Waals surface area contributed by atoms with Crippen molar-refractivity contribution in [3.63, 3.8) is 0 Å². The maximum atomic E-state index is 14.1. The lowest BCUT2D eigenvalue weighted by Gasteiger charge is -2.07. The van der Waals surface area contributed by atoms with Crippen LogP contribution in [0.25, 0.3) is 27.6 Å². The molecule has 0 atom stereocenters. The van der Waals surface area contributed by atoms with E-state index in [1.807, 2.05) is 12.1 Å². The number of halogens is 2. The third-order valence-corrected chi connectivity index (χ3v) is 3.68. The van der Waals surface area contributed by atoms with E-state index in [9.17, 15) is 4.39 Å². The second-order valence-corrected chi connectivity index (χ2v) is 5.16. The zero-order valence-electron chi connectivity index (χ0n) is 10.8. The third-order valence-electron chi connectivity index (χ3n) is 3.45. The van der Waals surface area contributed by atoms with Gasteiger partial charge in [-0.25, -0.2) is 9.37 Å². The number of aromatic nitrogens is 3. The predicted molar refractivity (Wildman–Crippen MR) is 81.3 cm³/mol. The number of hydrogen-bond acceptors (Lipinski definition) is 2. The summed E-state index contributed by atoms with van der Waals surface area (Å²) in [6, 6.07) is 12.0. The van der Waals surface area contributed by atoms with Crippen molar-refractivity contribution in [3.8, 4) is 5.69 Å². The van der Waals surface area contributed by atoms with Crippen molar-refractivity contribution in [2.24, 2.45) is 0 Å². The summed E-state index contributed by atoms with van der Waals surface area (Å²) in [6.07, 6.45) is 3.29. The maximum Gasteiger partial charge on any atom is 0.147 e. The average Bonchev–Trinajstić information content (AvgIpc) is 2.92. The number of imidazole rings is 1. The van der Waals surface area contributed by atoms with Crippen LogP contribution in [-0.4, -0.2) is 14.5 Å². The van der Waals surface area contributed by atoms with E-state index in [-0.39, 0.29) is 5.82 Å². The number of fused-ring (bicyclic) bond motifs is 3. The van der Waals surface area contributed by atoms with Crippen LogP contribution in [0.2, 0.25) is 5.02 Å². The van der Waals surface area contributed by atoms with Crippen molar-refractivity contribution in [1.29, 1.82) is 0 Å². The summed E-state index contributed by atoms with van der Waals surface area (Å²) in [5.74, 6) is -0.302. The molecule has 0 saturated heterocycles. The molecule has 2 aromatic carbocycles. The Kier molecular flexibility index (Phi) is 2.65. The largest absolute Gasteiger partial charge is 0.295 e. The van der Waals surface area contributed by atoms with Gasteiger partial charge < -0.3 is 0 Å². The van der Waals surface area contributed by atoms with Gasteiger partial charge in [-0.2, -0.15) is 0 Å². The molecule has 5 heteroatoms. The van der Waals surface area contributed by atoms with E-state index in [0.717, 1.165) is 16.4 Å². The Labute approximate surface area is 124 Å². The van der Waals surface area contributed by atoms with Crippen LogP contribution in [0.4, 0.5) is 4.39 Å². The van der Waals surface area contributed by atoms with E-state index in [2.05, 4.69) is 9.97 Å². The number of benzene rings is 2. The minimum atomic E-state index is -0.302. The van der Waals surface area contributed by atoms with Crippen LogP contribution < -0.4 is 0 Å². The van der Waals surface area contributed by atoms with Crippen LogP contribution in [-0.2, 0) is 0 Å². The third kappa shape index (κ3) is 1.87. The Morgan fingerprint density at radius 3 is 2.71 bits per heavy atom. The highest BCUT2D eigenvalue weighted by Gasteiger charge is 2.12. The molecule has 0 fully saturated rings. The summed E-state index contributed by atoms with van der Waals surface area (Å²) < 4.78 is 15.8. The van der Waals surface area contributed by atoms with Crippen LogP contribution >= 0.6 is 11.6 Å². The zero-order chi connectivity index (χ0) is 14.4. The van der Waals surface area contributed by atoms with Gasteiger partial charge in [-0.05, 0) is 30.3 Å². The first-order valence-electron chi connectivity index (χ1n) is 6.40. The van der Waals surface area contributed by atoms with Crippen molar-refractivity contribution in [3.05, 3.63) is 65.8 Å². The Bertz CT molecular complexity index is 978. The smallest absolute Gasteiger partial charge is 0.147 e. The molecule has 102 valence electrons. The normalized spacial score (nSPS) is 11.3. The molecular weight excluding hydrogens is 289 g/mol. The van der Waals surface area contributed by atoms with Crippen LogP contribution in [0.3, 0.4) is 0 Å². The lowest BCUT2D eigenvalue weighted by Crippen LogP contribution is -1.96. The predicted octanol–water partition coefficient (Wildman–Crippen LogP) is 4.37. The van der Waals surface area contributed by atoms with Crippen LogP contribution in [0.5, 0.6) is 0 Å². The van der Waals surface area contributed by atoms with E-state index in [4.69, 9.17) is 11.6 Å². The molecule has 0 N–H and O–H groups in total. The van der Waals surface area contributed by atoms with E-state index < -0.39 is 0 Å². The van der Waals surface area contributed by atoms with Gasteiger partial charge in [0.15, 0.2) is 0 Å². The SMILES string of the molecule is Fc1ccccc1-n1cnc2cnc3ccc(Cl)cc3c21. The molecule has 4 rings (SSSR count). The Morgan fingerprint density at radius 2 is 1.86 bits per heavy atom. The van der Waals surface area contributed by atoms with Gasteiger partial charge in [-0.3, -0.25) is 9.55 Å². The average molecular weight is 298 g/mol. The summed E-state index contributed by atoms with van der Waals surface area (Å²) in [4.78, 5) is 8.66. The number of para-hydroxylation sites is 1. The van der Waals surface area contributed by atoms with Crippen molar-refractivity contribution in [2.75, 3.05) is 0 Å². The number of pyridine rings is 1. The van der Waals surface area contributed by atoms with Crippen molar-refractivity contribution < 1.29 is 4.39 Å². The van der Waals surface area contributed by atoms with Gasteiger partial charge >= 0.3 is 0 Å². The van der Waals surface area contributed by atoms with Crippen molar-refractivity contribution >= 4 is 33.5 Å². The number of rotatable bonds is 1. The molecule has 0 unspecified atom stereocenters. The standard InChI is InChI=1S/C16H9ClFN3/c17-10-5-6-13-11(7-10)16-14(8-19-13)20-9-21(16)15-4-2-1-3-12(15)18/h1-9H. The molecule has 0 aliphatic carbocycles. The molecule has 0 spiro atoms. The molecule has 0 amide bonds. The Hall–Kier alpha value is -2.46. The molecule has 2 aromatic heterocycles. The van der Waals surface area contributed by atoms with Crippen LogP contribution in [0.1, 0.15) is 0 Å². The quantitative estimate of drug-likeness (QED) is 0.522. The lowest BCUT2D eigenvalue weighted by molar-refractivity contribution is 0.619. The first kappa shape index (κ1) is 12.3. The summed E-state index contributed by atoms with van der Waals surface area (Å²) in [5, 5.41) is 1.46. The Balaban J connectivity index is 2.16. The fourth-order valence-electron chi connectivity index (χ4n) is 2.50.